The van der Waals surface area contributed by atoms with Crippen molar-refractivity contribution in [1.82, 2.24) is 0 Å². The fourth-order valence-electron chi connectivity index (χ4n) is 0.744. The average molecular weight is 203 g/mol. The Bertz CT molecular complexity index is 330. The van der Waals surface area contributed by atoms with Gasteiger partial charge in [0.25, 0.3) is 0 Å². The Morgan fingerprint density at radius 2 is 2.15 bits per heavy atom. The molecule has 1 aromatic carbocycles. The highest BCUT2D eigenvalue weighted by atomic mass is 32.1. The maximum absolute atomic E-state index is 12.9. The molecule has 0 aromatic heterocycles. The van der Waals surface area contributed by atoms with Crippen LogP contribution in [0.5, 0.6) is 5.75 Å². The van der Waals surface area contributed by atoms with Gasteiger partial charge in [0.15, 0.2) is 11.6 Å². The van der Waals surface area contributed by atoms with Crippen LogP contribution in [0.15, 0.2) is 18.2 Å². The van der Waals surface area contributed by atoms with Crippen molar-refractivity contribution in [3.63, 3.8) is 0 Å². The van der Waals surface area contributed by atoms with Gasteiger partial charge in [0, 0.05) is 0 Å². The van der Waals surface area contributed by atoms with Gasteiger partial charge < -0.3 is 10.5 Å². The molecule has 0 spiro atoms. The van der Waals surface area contributed by atoms with Crippen LogP contribution in [0.3, 0.4) is 0 Å². The van der Waals surface area contributed by atoms with Crippen LogP contribution in [0.25, 0.3) is 0 Å². The molecule has 0 atom stereocenters. The zero-order chi connectivity index (χ0) is 9.84. The topological polar surface area (TPSA) is 35.2 Å². The molecule has 0 bridgehead atoms. The van der Waals surface area contributed by atoms with E-state index in [2.05, 4.69) is 12.2 Å². The molecule has 0 aliphatic heterocycles. The fourth-order valence-corrected chi connectivity index (χ4v) is 0.803. The number of hydrogen-bond acceptors (Lipinski definition) is 2. The molecule has 0 saturated heterocycles. The third-order valence-corrected chi connectivity index (χ3v) is 1.40. The molecule has 2 N–H and O–H groups in total. The summed E-state index contributed by atoms with van der Waals surface area (Å²) in [5.41, 5.74) is 5.12. The lowest BCUT2D eigenvalue weighted by Gasteiger charge is -2.05. The minimum atomic E-state index is -1.03. The lowest BCUT2D eigenvalue weighted by atomic mass is 10.3. The zero-order valence-corrected chi connectivity index (χ0v) is 7.41. The van der Waals surface area contributed by atoms with Crippen molar-refractivity contribution in [1.29, 1.82) is 0 Å². The third-order valence-electron chi connectivity index (χ3n) is 1.29. The van der Waals surface area contributed by atoms with E-state index >= 15 is 0 Å². The van der Waals surface area contributed by atoms with E-state index in [0.717, 1.165) is 6.07 Å². The number of thiocarbonyl (C=S) groups is 1. The molecular weight excluding hydrogens is 196 g/mol. The van der Waals surface area contributed by atoms with Crippen LogP contribution in [-0.2, 0) is 0 Å². The molecular formula is C8H7F2NOS. The van der Waals surface area contributed by atoms with Crippen LogP contribution >= 0.6 is 12.2 Å². The van der Waals surface area contributed by atoms with Gasteiger partial charge in [-0.25, -0.2) is 4.39 Å². The van der Waals surface area contributed by atoms with Crippen molar-refractivity contribution in [2.45, 2.75) is 0 Å². The zero-order valence-electron chi connectivity index (χ0n) is 6.59. The van der Waals surface area contributed by atoms with Gasteiger partial charge in [-0.1, -0.05) is 18.3 Å². The summed E-state index contributed by atoms with van der Waals surface area (Å²) in [6, 6.07) is 3.65. The van der Waals surface area contributed by atoms with Crippen molar-refractivity contribution in [2.24, 2.45) is 5.73 Å². The van der Waals surface area contributed by atoms with Gasteiger partial charge in [-0.2, -0.15) is 4.39 Å². The molecule has 0 unspecified atom stereocenters. The highest BCUT2D eigenvalue weighted by Gasteiger charge is 2.08. The molecule has 0 saturated carbocycles. The van der Waals surface area contributed by atoms with Gasteiger partial charge in [0.05, 0.1) is 0 Å². The average Bonchev–Trinajstić information content (AvgIpc) is 2.07. The smallest absolute Gasteiger partial charge is 0.200 e. The summed E-state index contributed by atoms with van der Waals surface area (Å²) in [4.78, 5) is 0.0867. The first-order valence-electron chi connectivity index (χ1n) is 3.46. The molecule has 1 rings (SSSR count). The summed E-state index contributed by atoms with van der Waals surface area (Å²) < 4.78 is 30.3. The first-order chi connectivity index (χ1) is 6.11. The highest BCUT2D eigenvalue weighted by Crippen LogP contribution is 2.18. The van der Waals surface area contributed by atoms with Crippen LogP contribution in [-0.4, -0.2) is 11.6 Å². The summed E-state index contributed by atoms with van der Waals surface area (Å²) in [7, 11) is 0. The van der Waals surface area contributed by atoms with Crippen molar-refractivity contribution in [2.75, 3.05) is 6.61 Å². The number of nitrogens with two attached hydrogens (primary N) is 1. The summed E-state index contributed by atoms with van der Waals surface area (Å²) in [5.74, 6) is -2.17. The number of ether oxygens (including phenoxy) is 1. The van der Waals surface area contributed by atoms with Gasteiger partial charge >= 0.3 is 0 Å². The first kappa shape index (κ1) is 9.85. The maximum atomic E-state index is 12.9. The predicted octanol–water partition coefficient (Wildman–Crippen LogP) is 1.63. The molecule has 0 aliphatic rings. The summed E-state index contributed by atoms with van der Waals surface area (Å²) in [6.45, 7) is -0.101. The minimum Gasteiger partial charge on any atom is -0.483 e. The van der Waals surface area contributed by atoms with Crippen molar-refractivity contribution >= 4 is 17.2 Å². The molecule has 0 fully saturated rings. The molecule has 5 heteroatoms. The number of hydrogen-bond donors (Lipinski definition) is 1. The Labute approximate surface area is 79.3 Å². The van der Waals surface area contributed by atoms with Crippen molar-refractivity contribution in [3.8, 4) is 5.75 Å². The van der Waals surface area contributed by atoms with Crippen LogP contribution < -0.4 is 10.5 Å². The lowest BCUT2D eigenvalue weighted by molar-refractivity contribution is 0.344. The van der Waals surface area contributed by atoms with Crippen LogP contribution in [0.1, 0.15) is 0 Å². The van der Waals surface area contributed by atoms with E-state index in [0.29, 0.717) is 0 Å². The quantitative estimate of drug-likeness (QED) is 0.758. The fraction of sp³-hybridized carbons (Fsp3) is 0.125. The highest BCUT2D eigenvalue weighted by molar-refractivity contribution is 7.80. The first-order valence-corrected chi connectivity index (χ1v) is 3.87. The third kappa shape index (κ3) is 2.62. The van der Waals surface area contributed by atoms with Gasteiger partial charge in [-0.3, -0.25) is 0 Å². The van der Waals surface area contributed by atoms with Gasteiger partial charge in [-0.05, 0) is 12.1 Å². The van der Waals surface area contributed by atoms with E-state index in [1.54, 1.807) is 0 Å². The van der Waals surface area contributed by atoms with Crippen LogP contribution in [0.2, 0.25) is 0 Å². The predicted molar refractivity (Wildman–Crippen MR) is 48.6 cm³/mol. The lowest BCUT2D eigenvalue weighted by Crippen LogP contribution is -2.18. The van der Waals surface area contributed by atoms with Crippen LogP contribution in [0, 0.1) is 11.6 Å². The summed E-state index contributed by atoms with van der Waals surface area (Å²) in [6.07, 6.45) is 0. The second kappa shape index (κ2) is 4.13. The van der Waals surface area contributed by atoms with Gasteiger partial charge in [0.1, 0.15) is 11.6 Å². The molecule has 0 radical (unpaired) electrons. The standard InChI is InChI=1S/C8H7F2NOS/c9-5-2-1-3-6(8(5)10)12-4-7(11)13/h1-3H,4H2,(H2,11,13). The molecule has 70 valence electrons. The van der Waals surface area contributed by atoms with E-state index in [1.165, 1.54) is 12.1 Å². The number of benzene rings is 1. The summed E-state index contributed by atoms with van der Waals surface area (Å²) >= 11 is 4.51. The van der Waals surface area contributed by atoms with Gasteiger partial charge in [0.2, 0.25) is 5.82 Å². The largest absolute Gasteiger partial charge is 0.483 e. The van der Waals surface area contributed by atoms with E-state index < -0.39 is 11.6 Å². The van der Waals surface area contributed by atoms with E-state index in [1.807, 2.05) is 0 Å². The Morgan fingerprint density at radius 3 is 2.77 bits per heavy atom. The monoisotopic (exact) mass is 203 g/mol. The molecule has 13 heavy (non-hydrogen) atoms. The second-order valence-corrected chi connectivity index (χ2v) is 2.83. The summed E-state index contributed by atoms with van der Waals surface area (Å²) in [5, 5.41) is 0. The second-order valence-electron chi connectivity index (χ2n) is 2.31. The molecule has 2 nitrogen and oxygen atoms in total. The SMILES string of the molecule is NC(=S)COc1cccc(F)c1F. The number of rotatable bonds is 3. The normalized spacial score (nSPS) is 9.69. The van der Waals surface area contributed by atoms with E-state index in [9.17, 15) is 8.78 Å². The van der Waals surface area contributed by atoms with Gasteiger partial charge in [-0.15, -0.1) is 0 Å². The number of halogens is 2. The minimum absolute atomic E-state index is 0.0867. The van der Waals surface area contributed by atoms with Crippen molar-refractivity contribution in [3.05, 3.63) is 29.8 Å². The molecule has 0 amide bonds. The van der Waals surface area contributed by atoms with Crippen LogP contribution in [0.4, 0.5) is 8.78 Å². The Hall–Kier alpha value is -1.23. The Morgan fingerprint density at radius 1 is 1.46 bits per heavy atom. The molecule has 0 aliphatic carbocycles. The van der Waals surface area contributed by atoms with Crippen molar-refractivity contribution < 1.29 is 13.5 Å². The van der Waals surface area contributed by atoms with E-state index in [-0.39, 0.29) is 17.3 Å². The molecule has 0 heterocycles. The molecule has 1 aromatic rings. The Kier molecular flexibility index (Phi) is 3.13. The maximum Gasteiger partial charge on any atom is 0.200 e. The Balaban J connectivity index is 2.77. The van der Waals surface area contributed by atoms with E-state index in [4.69, 9.17) is 10.5 Å².